The van der Waals surface area contributed by atoms with Crippen molar-refractivity contribution in [2.24, 2.45) is 0 Å². The molecule has 5 nitrogen and oxygen atoms in total. The van der Waals surface area contributed by atoms with Crippen LogP contribution in [0.5, 0.6) is 0 Å². The van der Waals surface area contributed by atoms with E-state index in [0.717, 1.165) is 24.3 Å². The van der Waals surface area contributed by atoms with Gasteiger partial charge < -0.3 is 14.8 Å². The molecule has 1 amide bonds. The first kappa shape index (κ1) is 12.0. The maximum atomic E-state index is 11.7. The smallest absolute Gasteiger partial charge is 0.371 e. The Bertz CT molecular complexity index is 423. The van der Waals surface area contributed by atoms with Gasteiger partial charge >= 0.3 is 5.97 Å². The molecule has 2 rings (SSSR count). The van der Waals surface area contributed by atoms with E-state index in [9.17, 15) is 9.59 Å². The average Bonchev–Trinajstić information content (AvgIpc) is 2.79. The Balaban J connectivity index is 1.96. The van der Waals surface area contributed by atoms with Crippen molar-refractivity contribution in [2.45, 2.75) is 18.9 Å². The van der Waals surface area contributed by atoms with Crippen molar-refractivity contribution in [3.05, 3.63) is 23.7 Å². The van der Waals surface area contributed by atoms with Gasteiger partial charge in [0.2, 0.25) is 5.76 Å². The topological polar surface area (TPSA) is 79.5 Å². The summed E-state index contributed by atoms with van der Waals surface area (Å²) in [6, 6.07) is 2.84. The Morgan fingerprint density at radius 1 is 1.29 bits per heavy atom. The van der Waals surface area contributed by atoms with Crippen LogP contribution in [-0.2, 0) is 0 Å². The van der Waals surface area contributed by atoms with Gasteiger partial charge in [-0.05, 0) is 36.5 Å². The van der Waals surface area contributed by atoms with Crippen molar-refractivity contribution >= 4 is 23.6 Å². The third-order valence-electron chi connectivity index (χ3n) is 2.60. The molecular formula is C11H13NO4S. The lowest BCUT2D eigenvalue weighted by atomic mass is 10.1. The molecule has 1 aliphatic rings. The number of hydrogen-bond acceptors (Lipinski definition) is 4. The molecule has 1 aliphatic heterocycles. The molecule has 0 radical (unpaired) electrons. The predicted molar refractivity (Wildman–Crippen MR) is 63.5 cm³/mol. The zero-order valence-corrected chi connectivity index (χ0v) is 9.96. The molecule has 17 heavy (non-hydrogen) atoms. The highest BCUT2D eigenvalue weighted by molar-refractivity contribution is 7.99. The maximum Gasteiger partial charge on any atom is 0.371 e. The van der Waals surface area contributed by atoms with Crippen LogP contribution in [0.15, 0.2) is 16.5 Å². The molecular weight excluding hydrogens is 242 g/mol. The number of carboxylic acid groups (broad SMARTS) is 1. The van der Waals surface area contributed by atoms with Gasteiger partial charge in [0.25, 0.3) is 5.91 Å². The number of furan rings is 1. The third-order valence-corrected chi connectivity index (χ3v) is 3.65. The lowest BCUT2D eigenvalue weighted by Gasteiger charge is -2.21. The first-order valence-corrected chi connectivity index (χ1v) is 6.54. The summed E-state index contributed by atoms with van der Waals surface area (Å²) in [5, 5.41) is 11.5. The normalized spacial score (nSPS) is 16.7. The highest BCUT2D eigenvalue weighted by atomic mass is 32.2. The molecule has 0 saturated carbocycles. The third kappa shape index (κ3) is 3.03. The Labute approximate surface area is 103 Å². The Kier molecular flexibility index (Phi) is 3.73. The zero-order chi connectivity index (χ0) is 12.3. The second kappa shape index (κ2) is 5.27. The summed E-state index contributed by atoms with van der Waals surface area (Å²) < 4.78 is 4.93. The highest BCUT2D eigenvalue weighted by Gasteiger charge is 2.20. The number of hydrogen-bond donors (Lipinski definition) is 2. The van der Waals surface area contributed by atoms with Gasteiger partial charge in [0.15, 0.2) is 5.76 Å². The number of rotatable bonds is 3. The van der Waals surface area contributed by atoms with Crippen LogP contribution in [0, 0.1) is 0 Å². The van der Waals surface area contributed by atoms with Gasteiger partial charge in [0.05, 0.1) is 0 Å². The molecule has 0 bridgehead atoms. The van der Waals surface area contributed by atoms with E-state index in [1.165, 1.54) is 12.1 Å². The molecule has 1 saturated heterocycles. The van der Waals surface area contributed by atoms with E-state index in [0.29, 0.717) is 0 Å². The first-order chi connectivity index (χ1) is 8.16. The number of thioether (sulfide) groups is 1. The second-order valence-electron chi connectivity index (χ2n) is 3.83. The number of amides is 1. The van der Waals surface area contributed by atoms with Gasteiger partial charge in [-0.3, -0.25) is 4.79 Å². The number of aromatic carboxylic acids is 1. The van der Waals surface area contributed by atoms with Gasteiger partial charge in [-0.15, -0.1) is 0 Å². The van der Waals surface area contributed by atoms with Crippen LogP contribution in [0.3, 0.4) is 0 Å². The predicted octanol–water partition coefficient (Wildman–Crippen LogP) is 1.60. The SMILES string of the molecule is O=C(O)c1ccc(C(=O)NC2CCSCC2)o1. The van der Waals surface area contributed by atoms with E-state index in [4.69, 9.17) is 9.52 Å². The molecule has 6 heteroatoms. The van der Waals surface area contributed by atoms with Gasteiger partial charge in [0.1, 0.15) is 0 Å². The van der Waals surface area contributed by atoms with Crippen LogP contribution in [0.4, 0.5) is 0 Å². The van der Waals surface area contributed by atoms with Crippen molar-refractivity contribution in [3.8, 4) is 0 Å². The molecule has 0 atom stereocenters. The largest absolute Gasteiger partial charge is 0.475 e. The Morgan fingerprint density at radius 3 is 2.53 bits per heavy atom. The maximum absolute atomic E-state index is 11.7. The van der Waals surface area contributed by atoms with Crippen molar-refractivity contribution in [2.75, 3.05) is 11.5 Å². The van der Waals surface area contributed by atoms with Crippen LogP contribution in [0.25, 0.3) is 0 Å². The lowest BCUT2D eigenvalue weighted by molar-refractivity contribution is 0.0659. The van der Waals surface area contributed by atoms with Gasteiger partial charge in [-0.2, -0.15) is 11.8 Å². The van der Waals surface area contributed by atoms with Crippen LogP contribution >= 0.6 is 11.8 Å². The van der Waals surface area contributed by atoms with Crippen molar-refractivity contribution in [3.63, 3.8) is 0 Å². The van der Waals surface area contributed by atoms with E-state index < -0.39 is 5.97 Å². The lowest BCUT2D eigenvalue weighted by Crippen LogP contribution is -2.37. The van der Waals surface area contributed by atoms with Gasteiger partial charge in [-0.25, -0.2) is 4.79 Å². The molecule has 2 heterocycles. The average molecular weight is 255 g/mol. The summed E-state index contributed by atoms with van der Waals surface area (Å²) >= 11 is 1.88. The van der Waals surface area contributed by atoms with Crippen LogP contribution in [0.1, 0.15) is 34.0 Å². The first-order valence-electron chi connectivity index (χ1n) is 5.38. The number of carbonyl (C=O) groups excluding carboxylic acids is 1. The summed E-state index contributed by atoms with van der Waals surface area (Å²) in [5.41, 5.74) is 0. The summed E-state index contributed by atoms with van der Waals surface area (Å²) in [7, 11) is 0. The summed E-state index contributed by atoms with van der Waals surface area (Å²) in [6.07, 6.45) is 1.89. The fourth-order valence-electron chi connectivity index (χ4n) is 1.67. The van der Waals surface area contributed by atoms with Crippen molar-refractivity contribution in [1.29, 1.82) is 0 Å². The summed E-state index contributed by atoms with van der Waals surface area (Å²) in [4.78, 5) is 22.3. The Hall–Kier alpha value is -1.43. The van der Waals surface area contributed by atoms with E-state index in [1.54, 1.807) is 0 Å². The number of nitrogens with one attached hydrogen (secondary N) is 1. The molecule has 1 fully saturated rings. The van der Waals surface area contributed by atoms with E-state index in [-0.39, 0.29) is 23.5 Å². The van der Waals surface area contributed by atoms with E-state index in [2.05, 4.69) is 5.32 Å². The Morgan fingerprint density at radius 2 is 1.94 bits per heavy atom. The van der Waals surface area contributed by atoms with Gasteiger partial charge in [-0.1, -0.05) is 0 Å². The van der Waals surface area contributed by atoms with Crippen molar-refractivity contribution < 1.29 is 19.1 Å². The molecule has 92 valence electrons. The summed E-state index contributed by atoms with van der Waals surface area (Å²) in [5.74, 6) is 0.426. The second-order valence-corrected chi connectivity index (χ2v) is 5.05. The zero-order valence-electron chi connectivity index (χ0n) is 9.14. The quantitative estimate of drug-likeness (QED) is 0.857. The molecule has 0 unspecified atom stereocenters. The molecule has 1 aromatic heterocycles. The van der Waals surface area contributed by atoms with Crippen LogP contribution < -0.4 is 5.32 Å². The minimum atomic E-state index is -1.17. The summed E-state index contributed by atoms with van der Waals surface area (Å²) in [6.45, 7) is 0. The van der Waals surface area contributed by atoms with Gasteiger partial charge in [0, 0.05) is 6.04 Å². The minimum Gasteiger partial charge on any atom is -0.475 e. The van der Waals surface area contributed by atoms with Crippen molar-refractivity contribution in [1.82, 2.24) is 5.32 Å². The van der Waals surface area contributed by atoms with Crippen LogP contribution in [-0.4, -0.2) is 34.5 Å². The molecule has 0 aromatic carbocycles. The standard InChI is InChI=1S/C11H13NO4S/c13-10(12-7-3-5-17-6-4-7)8-1-2-9(16-8)11(14)15/h1-2,7H,3-6H2,(H,12,13)(H,14,15). The number of carboxylic acids is 1. The fourth-order valence-corrected chi connectivity index (χ4v) is 2.78. The minimum absolute atomic E-state index is 0.0561. The monoisotopic (exact) mass is 255 g/mol. The molecule has 0 spiro atoms. The highest BCUT2D eigenvalue weighted by Crippen LogP contribution is 2.17. The molecule has 2 N–H and O–H groups in total. The molecule has 1 aromatic rings. The number of carbonyl (C=O) groups is 2. The van der Waals surface area contributed by atoms with E-state index in [1.807, 2.05) is 11.8 Å². The van der Waals surface area contributed by atoms with E-state index >= 15 is 0 Å². The molecule has 0 aliphatic carbocycles. The fraction of sp³-hybridized carbons (Fsp3) is 0.455. The van der Waals surface area contributed by atoms with Crippen LogP contribution in [0.2, 0.25) is 0 Å².